The summed E-state index contributed by atoms with van der Waals surface area (Å²) in [5.74, 6) is 1.80. The molecule has 0 bridgehead atoms. The summed E-state index contributed by atoms with van der Waals surface area (Å²) in [6, 6.07) is 69.1. The van der Waals surface area contributed by atoms with E-state index in [1.165, 1.54) is 75.1 Å². The second-order valence-electron chi connectivity index (χ2n) is 14.4. The van der Waals surface area contributed by atoms with Crippen LogP contribution < -0.4 is 9.64 Å². The van der Waals surface area contributed by atoms with Crippen LogP contribution in [-0.4, -0.2) is 0 Å². The molecule has 0 N–H and O–H groups in total. The van der Waals surface area contributed by atoms with Crippen molar-refractivity contribution >= 4 is 70.1 Å². The first-order valence-corrected chi connectivity index (χ1v) is 19.3. The Bertz CT molecular complexity index is 3170. The molecule has 1 aliphatic heterocycles. The van der Waals surface area contributed by atoms with Gasteiger partial charge >= 0.3 is 0 Å². The summed E-state index contributed by atoms with van der Waals surface area (Å²) in [4.78, 5) is 2.47. The highest BCUT2D eigenvalue weighted by molar-refractivity contribution is 7.25. The molecule has 0 amide bonds. The average molecular weight is 706 g/mol. The van der Waals surface area contributed by atoms with Crippen molar-refractivity contribution in [1.29, 1.82) is 0 Å². The first-order chi connectivity index (χ1) is 26.8. The third kappa shape index (κ3) is 3.99. The molecular weight excluding hydrogens is 675 g/mol. The Kier molecular flexibility index (Phi) is 6.17. The molecule has 2 aliphatic rings. The van der Waals surface area contributed by atoms with Gasteiger partial charge in [0.05, 0.1) is 11.1 Å². The summed E-state index contributed by atoms with van der Waals surface area (Å²) >= 11 is 1.86. The first-order valence-electron chi connectivity index (χ1n) is 18.5. The number of ether oxygens (including phenoxy) is 1. The van der Waals surface area contributed by atoms with Crippen molar-refractivity contribution in [2.75, 3.05) is 4.90 Å². The molecule has 12 rings (SSSR count). The third-order valence-corrected chi connectivity index (χ3v) is 12.8. The van der Waals surface area contributed by atoms with Gasteiger partial charge in [0.1, 0.15) is 11.5 Å². The normalized spacial score (nSPS) is 15.3. The molecule has 1 aliphatic carbocycles. The fraction of sp³-hybridized carbons (Fsp3) is 0.0196. The number of rotatable bonds is 3. The topological polar surface area (TPSA) is 12.5 Å². The lowest BCUT2D eigenvalue weighted by Gasteiger charge is -2.40. The van der Waals surface area contributed by atoms with Crippen LogP contribution in [0.3, 0.4) is 0 Å². The van der Waals surface area contributed by atoms with Crippen molar-refractivity contribution in [2.45, 2.75) is 5.41 Å². The van der Waals surface area contributed by atoms with Gasteiger partial charge in [-0.3, -0.25) is 0 Å². The molecule has 54 heavy (non-hydrogen) atoms. The maximum atomic E-state index is 6.83. The van der Waals surface area contributed by atoms with E-state index in [4.69, 9.17) is 4.74 Å². The fourth-order valence-corrected chi connectivity index (χ4v) is 10.6. The summed E-state index contributed by atoms with van der Waals surface area (Å²) < 4.78 is 9.43. The highest BCUT2D eigenvalue weighted by atomic mass is 32.1. The van der Waals surface area contributed by atoms with Gasteiger partial charge in [-0.05, 0) is 93.0 Å². The number of thiophene rings is 1. The molecule has 10 aromatic rings. The molecule has 2 nitrogen and oxygen atoms in total. The smallest absolute Gasteiger partial charge is 0.132 e. The molecule has 0 saturated heterocycles. The van der Waals surface area contributed by atoms with Gasteiger partial charge in [-0.25, -0.2) is 0 Å². The lowest BCUT2D eigenvalue weighted by atomic mass is 9.65. The monoisotopic (exact) mass is 705 g/mol. The number of hydrogen-bond acceptors (Lipinski definition) is 3. The summed E-state index contributed by atoms with van der Waals surface area (Å²) in [7, 11) is 0. The fourth-order valence-electron chi connectivity index (χ4n) is 9.49. The highest BCUT2D eigenvalue weighted by Gasteiger charge is 2.52. The van der Waals surface area contributed by atoms with E-state index < -0.39 is 5.41 Å². The van der Waals surface area contributed by atoms with Gasteiger partial charge in [-0.1, -0.05) is 133 Å². The van der Waals surface area contributed by atoms with E-state index in [9.17, 15) is 0 Å². The van der Waals surface area contributed by atoms with E-state index in [1.54, 1.807) is 0 Å². The standard InChI is InChI=1S/C51H31NOS/c1-3-15-36-32(12-1)14-11-21-45(36)52(34-26-29-49-41(30-34)40-18-6-10-23-48(40)54-49)35-25-27-39-38-17-5-7-19-42(38)51(44(39)31-35)43-20-8-9-22-46(43)53-47-28-24-33-13-2-4-16-37(33)50(47)51/h1-31H. The van der Waals surface area contributed by atoms with Crippen LogP contribution in [-0.2, 0) is 5.41 Å². The molecule has 1 unspecified atom stereocenters. The molecule has 9 aromatic carbocycles. The minimum absolute atomic E-state index is 0.606. The van der Waals surface area contributed by atoms with E-state index in [2.05, 4.69) is 193 Å². The number of nitrogens with zero attached hydrogens (tertiary/aromatic N) is 1. The number of benzene rings is 9. The molecular formula is C51H31NOS. The van der Waals surface area contributed by atoms with Crippen LogP contribution in [0.5, 0.6) is 11.5 Å². The predicted octanol–water partition coefficient (Wildman–Crippen LogP) is 14.3. The zero-order chi connectivity index (χ0) is 35.4. The van der Waals surface area contributed by atoms with Crippen LogP contribution in [0.15, 0.2) is 188 Å². The predicted molar refractivity (Wildman–Crippen MR) is 226 cm³/mol. The quantitative estimate of drug-likeness (QED) is 0.181. The Morgan fingerprint density at radius 1 is 0.407 bits per heavy atom. The molecule has 2 heterocycles. The van der Waals surface area contributed by atoms with Crippen molar-refractivity contribution in [3.63, 3.8) is 0 Å². The molecule has 252 valence electrons. The summed E-state index contributed by atoms with van der Waals surface area (Å²) in [6.45, 7) is 0. The van der Waals surface area contributed by atoms with Gasteiger partial charge in [0, 0.05) is 48.1 Å². The molecule has 1 aromatic heterocycles. The maximum absolute atomic E-state index is 6.83. The molecule has 1 spiro atoms. The SMILES string of the molecule is c1ccc2c(c1)Oc1ccc3ccccc3c1C21c2ccccc2-c2ccc(N(c3ccc4sc5ccccc5c4c3)c3cccc4ccccc34)cc21. The summed E-state index contributed by atoms with van der Waals surface area (Å²) in [6.07, 6.45) is 0. The van der Waals surface area contributed by atoms with Gasteiger partial charge < -0.3 is 9.64 Å². The largest absolute Gasteiger partial charge is 0.457 e. The molecule has 1 atom stereocenters. The lowest BCUT2D eigenvalue weighted by molar-refractivity contribution is 0.438. The number of fused-ring (bicyclic) bond motifs is 15. The van der Waals surface area contributed by atoms with Crippen molar-refractivity contribution in [3.8, 4) is 22.6 Å². The minimum atomic E-state index is -0.606. The van der Waals surface area contributed by atoms with E-state index >= 15 is 0 Å². The van der Waals surface area contributed by atoms with E-state index in [0.29, 0.717) is 0 Å². The Morgan fingerprint density at radius 3 is 1.96 bits per heavy atom. The zero-order valence-corrected chi connectivity index (χ0v) is 30.0. The van der Waals surface area contributed by atoms with E-state index in [1.807, 2.05) is 11.3 Å². The van der Waals surface area contributed by atoms with Crippen LogP contribution in [0.4, 0.5) is 17.1 Å². The van der Waals surface area contributed by atoms with E-state index in [-0.39, 0.29) is 0 Å². The van der Waals surface area contributed by atoms with Gasteiger partial charge in [0.25, 0.3) is 0 Å². The van der Waals surface area contributed by atoms with Gasteiger partial charge in [0.2, 0.25) is 0 Å². The Hall–Kier alpha value is -6.68. The number of hydrogen-bond donors (Lipinski definition) is 0. The van der Waals surface area contributed by atoms with Crippen LogP contribution in [0.25, 0.3) is 52.8 Å². The van der Waals surface area contributed by atoms with Crippen LogP contribution in [0.1, 0.15) is 22.3 Å². The second-order valence-corrected chi connectivity index (χ2v) is 15.5. The van der Waals surface area contributed by atoms with Crippen molar-refractivity contribution in [2.24, 2.45) is 0 Å². The Labute approximate surface area is 316 Å². The number of para-hydroxylation sites is 1. The Morgan fingerprint density at radius 2 is 1.06 bits per heavy atom. The van der Waals surface area contributed by atoms with Gasteiger partial charge in [0.15, 0.2) is 0 Å². The molecule has 0 saturated carbocycles. The van der Waals surface area contributed by atoms with Crippen LogP contribution >= 0.6 is 11.3 Å². The maximum Gasteiger partial charge on any atom is 0.132 e. The highest BCUT2D eigenvalue weighted by Crippen LogP contribution is 2.64. The molecule has 3 heteroatoms. The first kappa shape index (κ1) is 29.9. The van der Waals surface area contributed by atoms with Crippen molar-refractivity contribution in [3.05, 3.63) is 210 Å². The van der Waals surface area contributed by atoms with E-state index in [0.717, 1.165) is 28.6 Å². The van der Waals surface area contributed by atoms with Crippen LogP contribution in [0, 0.1) is 0 Å². The van der Waals surface area contributed by atoms with Crippen molar-refractivity contribution in [1.82, 2.24) is 0 Å². The van der Waals surface area contributed by atoms with Crippen molar-refractivity contribution < 1.29 is 4.74 Å². The number of anilines is 3. The van der Waals surface area contributed by atoms with Crippen LogP contribution in [0.2, 0.25) is 0 Å². The second kappa shape index (κ2) is 11.2. The molecule has 0 radical (unpaired) electrons. The minimum Gasteiger partial charge on any atom is -0.457 e. The molecule has 0 fully saturated rings. The van der Waals surface area contributed by atoms with Gasteiger partial charge in [-0.2, -0.15) is 0 Å². The zero-order valence-electron chi connectivity index (χ0n) is 29.2. The lowest BCUT2D eigenvalue weighted by Crippen LogP contribution is -2.32. The average Bonchev–Trinajstić information content (AvgIpc) is 3.74. The van der Waals surface area contributed by atoms with Gasteiger partial charge in [-0.15, -0.1) is 11.3 Å². The third-order valence-electron chi connectivity index (χ3n) is 11.7. The Balaban J connectivity index is 1.20. The summed E-state index contributed by atoms with van der Waals surface area (Å²) in [5, 5.41) is 7.41. The summed E-state index contributed by atoms with van der Waals surface area (Å²) in [5.41, 5.74) is 10.2.